The first-order valence-electron chi connectivity index (χ1n) is 4.98. The van der Waals surface area contributed by atoms with Crippen LogP contribution >= 0.6 is 0 Å². The highest BCUT2D eigenvalue weighted by Crippen LogP contribution is 2.06. The van der Waals surface area contributed by atoms with Crippen LogP contribution in [0.5, 0.6) is 0 Å². The van der Waals surface area contributed by atoms with Gasteiger partial charge in [0.2, 0.25) is 5.69 Å². The molecule has 5 heteroatoms. The summed E-state index contributed by atoms with van der Waals surface area (Å²) in [5, 5.41) is 11.9. The molecule has 0 radical (unpaired) electrons. The minimum Gasteiger partial charge on any atom is -0.382 e. The van der Waals surface area contributed by atoms with Gasteiger partial charge in [-0.15, -0.1) is 0 Å². The number of aromatic nitrogens is 2. The zero-order chi connectivity index (χ0) is 11.7. The van der Waals surface area contributed by atoms with Gasteiger partial charge in [-0.25, -0.2) is 4.79 Å². The molecule has 0 aliphatic rings. The van der Waals surface area contributed by atoms with Crippen LogP contribution in [0.4, 0.5) is 0 Å². The Morgan fingerprint density at radius 2 is 2.00 bits per heavy atom. The number of aryl methyl sites for hydroxylation is 1. The van der Waals surface area contributed by atoms with Crippen molar-refractivity contribution in [2.75, 3.05) is 0 Å². The molecule has 2 rings (SSSR count). The van der Waals surface area contributed by atoms with E-state index < -0.39 is 11.7 Å². The first kappa shape index (κ1) is 10.6. The highest BCUT2D eigenvalue weighted by atomic mass is 16.5. The maximum Gasteiger partial charge on any atom is 0.433 e. The van der Waals surface area contributed by atoms with Gasteiger partial charge in [0.25, 0.3) is 0 Å². The van der Waals surface area contributed by atoms with E-state index in [1.54, 1.807) is 0 Å². The third-order valence-corrected chi connectivity index (χ3v) is 2.37. The Balaban J connectivity index is 2.56. The molecule has 0 amide bonds. The van der Waals surface area contributed by atoms with Gasteiger partial charge >= 0.3 is 11.3 Å². The summed E-state index contributed by atoms with van der Waals surface area (Å²) in [7, 11) is 0. The fraction of sp³-hybridized carbons (Fsp3) is 0.273. The minimum absolute atomic E-state index is 0.184. The van der Waals surface area contributed by atoms with E-state index in [4.69, 9.17) is 0 Å². The van der Waals surface area contributed by atoms with Crippen molar-refractivity contribution in [2.24, 2.45) is 0 Å². The van der Waals surface area contributed by atoms with Crippen molar-refractivity contribution in [3.8, 4) is 5.69 Å². The van der Waals surface area contributed by atoms with Crippen molar-refractivity contribution in [3.05, 3.63) is 45.9 Å². The van der Waals surface area contributed by atoms with E-state index in [9.17, 15) is 9.90 Å². The topological polar surface area (TPSA) is 70.1 Å². The van der Waals surface area contributed by atoms with Crippen molar-refractivity contribution in [1.29, 1.82) is 0 Å². The quantitative estimate of drug-likeness (QED) is 0.730. The van der Waals surface area contributed by atoms with Gasteiger partial charge in [0.15, 0.2) is 0 Å². The molecule has 1 aromatic heterocycles. The van der Waals surface area contributed by atoms with Crippen LogP contribution < -0.4 is 10.3 Å². The summed E-state index contributed by atoms with van der Waals surface area (Å²) >= 11 is 0. The van der Waals surface area contributed by atoms with Gasteiger partial charge in [-0.1, -0.05) is 17.7 Å². The molecule has 0 spiro atoms. The fourth-order valence-corrected chi connectivity index (χ4v) is 1.52. The first-order chi connectivity index (χ1) is 7.59. The van der Waals surface area contributed by atoms with Crippen molar-refractivity contribution in [1.82, 2.24) is 5.27 Å². The molecule has 2 N–H and O–H groups in total. The van der Waals surface area contributed by atoms with Crippen LogP contribution in [0.3, 0.4) is 0 Å². The highest BCUT2D eigenvalue weighted by Gasteiger charge is 2.27. The van der Waals surface area contributed by atoms with Crippen LogP contribution in [-0.4, -0.2) is 10.4 Å². The zero-order valence-corrected chi connectivity index (χ0v) is 9.10. The largest absolute Gasteiger partial charge is 0.433 e. The molecule has 16 heavy (non-hydrogen) atoms. The van der Waals surface area contributed by atoms with E-state index in [-0.39, 0.29) is 5.69 Å². The molecule has 0 aliphatic heterocycles. The van der Waals surface area contributed by atoms with Gasteiger partial charge in [0, 0.05) is 12.1 Å². The number of rotatable bonds is 2. The van der Waals surface area contributed by atoms with E-state index in [2.05, 4.69) is 9.79 Å². The molecule has 1 aromatic carbocycles. The van der Waals surface area contributed by atoms with E-state index in [1.165, 1.54) is 11.6 Å². The molecule has 0 fully saturated rings. The standard InChI is InChI=1S/C11H12N2O3/c1-7-3-5-9(6-4-7)13-10(8(2)14)11(15)16-12-13/h3-6,8,14H,1-2H3/p+1. The van der Waals surface area contributed by atoms with E-state index in [0.29, 0.717) is 0 Å². The number of aliphatic hydroxyl groups is 1. The summed E-state index contributed by atoms with van der Waals surface area (Å²) in [4.78, 5) is 11.3. The summed E-state index contributed by atoms with van der Waals surface area (Å²) in [6.45, 7) is 3.49. The fourth-order valence-electron chi connectivity index (χ4n) is 1.52. The van der Waals surface area contributed by atoms with Gasteiger partial charge < -0.3 is 5.11 Å². The number of H-pyrrole nitrogens is 1. The average molecular weight is 221 g/mol. The summed E-state index contributed by atoms with van der Waals surface area (Å²) in [6, 6.07) is 7.51. The Bertz CT molecular complexity index is 537. The molecule has 1 heterocycles. The lowest BCUT2D eigenvalue weighted by atomic mass is 10.2. The van der Waals surface area contributed by atoms with Crippen LogP contribution in [0, 0.1) is 6.92 Å². The number of nitrogens with zero attached hydrogens (tertiary/aromatic N) is 1. The number of hydrogen-bond donors (Lipinski definition) is 2. The first-order valence-corrected chi connectivity index (χ1v) is 4.98. The molecule has 1 atom stereocenters. The highest BCUT2D eigenvalue weighted by molar-refractivity contribution is 5.26. The minimum atomic E-state index is -0.885. The number of hydrogen-bond acceptors (Lipinski definition) is 3. The smallest absolute Gasteiger partial charge is 0.382 e. The molecular weight excluding hydrogens is 208 g/mol. The summed E-state index contributed by atoms with van der Waals surface area (Å²) in [5.41, 5.74) is 1.49. The molecule has 0 aliphatic carbocycles. The number of nitrogens with one attached hydrogen (secondary N) is 1. The SMILES string of the molecule is Cc1ccc(-[n+]2[nH]oc(=O)c2C(C)O)cc1. The number of aromatic amines is 1. The summed E-state index contributed by atoms with van der Waals surface area (Å²) in [5.74, 6) is 0. The predicted molar refractivity (Wildman–Crippen MR) is 56.2 cm³/mol. The Morgan fingerprint density at radius 3 is 2.56 bits per heavy atom. The van der Waals surface area contributed by atoms with Crippen LogP contribution in [0.1, 0.15) is 24.3 Å². The van der Waals surface area contributed by atoms with Crippen LogP contribution in [-0.2, 0) is 0 Å². The van der Waals surface area contributed by atoms with Crippen molar-refractivity contribution in [3.63, 3.8) is 0 Å². The third-order valence-electron chi connectivity index (χ3n) is 2.37. The molecular formula is C11H13N2O3+. The van der Waals surface area contributed by atoms with Crippen molar-refractivity contribution in [2.45, 2.75) is 20.0 Å². The second-order valence-corrected chi connectivity index (χ2v) is 3.71. The van der Waals surface area contributed by atoms with Gasteiger partial charge in [0.1, 0.15) is 6.10 Å². The normalized spacial score (nSPS) is 12.7. The van der Waals surface area contributed by atoms with Gasteiger partial charge in [-0.05, 0) is 23.8 Å². The second-order valence-electron chi connectivity index (χ2n) is 3.71. The lowest BCUT2D eigenvalue weighted by Crippen LogP contribution is -2.39. The van der Waals surface area contributed by atoms with Gasteiger partial charge in [-0.2, -0.15) is 0 Å². The molecule has 2 aromatic rings. The van der Waals surface area contributed by atoms with E-state index in [0.717, 1.165) is 11.3 Å². The lowest BCUT2D eigenvalue weighted by Gasteiger charge is -1.96. The van der Waals surface area contributed by atoms with Crippen LogP contribution in [0.2, 0.25) is 0 Å². The third kappa shape index (κ3) is 1.77. The van der Waals surface area contributed by atoms with Crippen molar-refractivity contribution < 1.29 is 14.3 Å². The Kier molecular flexibility index (Phi) is 2.62. The molecule has 84 valence electrons. The maximum absolute atomic E-state index is 11.3. The Labute approximate surface area is 91.9 Å². The molecule has 1 unspecified atom stereocenters. The molecule has 0 saturated carbocycles. The van der Waals surface area contributed by atoms with Crippen molar-refractivity contribution >= 4 is 0 Å². The molecule has 0 saturated heterocycles. The van der Waals surface area contributed by atoms with E-state index in [1.807, 2.05) is 31.2 Å². The van der Waals surface area contributed by atoms with Gasteiger partial charge in [0.05, 0.1) is 0 Å². The predicted octanol–water partition coefficient (Wildman–Crippen LogP) is 0.606. The number of aliphatic hydroxyl groups excluding tert-OH is 1. The van der Waals surface area contributed by atoms with Crippen LogP contribution in [0.15, 0.2) is 33.6 Å². The van der Waals surface area contributed by atoms with Crippen LogP contribution in [0.25, 0.3) is 5.69 Å². The summed E-state index contributed by atoms with van der Waals surface area (Å²) in [6.07, 6.45) is -0.885. The summed E-state index contributed by atoms with van der Waals surface area (Å²) < 4.78 is 6.10. The molecule has 0 bridgehead atoms. The lowest BCUT2D eigenvalue weighted by molar-refractivity contribution is -0.680. The van der Waals surface area contributed by atoms with E-state index >= 15 is 0 Å². The molecule has 5 nitrogen and oxygen atoms in total. The number of benzene rings is 1. The van der Waals surface area contributed by atoms with Gasteiger partial charge in [-0.3, -0.25) is 4.52 Å². The average Bonchev–Trinajstić information content (AvgIpc) is 2.61. The maximum atomic E-state index is 11.3. The Morgan fingerprint density at radius 1 is 1.38 bits per heavy atom. The zero-order valence-electron chi connectivity index (χ0n) is 9.10. The monoisotopic (exact) mass is 221 g/mol. The second kappa shape index (κ2) is 3.94. The Hall–Kier alpha value is -1.88.